The van der Waals surface area contributed by atoms with Crippen LogP contribution in [-0.4, -0.2) is 36.8 Å². The lowest BCUT2D eigenvalue weighted by atomic mass is 10.2. The van der Waals surface area contributed by atoms with Gasteiger partial charge in [-0.3, -0.25) is 19.7 Å². The van der Waals surface area contributed by atoms with Crippen molar-refractivity contribution in [3.63, 3.8) is 0 Å². The Balaban J connectivity index is 1.42. The van der Waals surface area contributed by atoms with E-state index in [1.165, 1.54) is 36.0 Å². The molecule has 0 fully saturated rings. The molecule has 11 heteroatoms. The van der Waals surface area contributed by atoms with Gasteiger partial charge >= 0.3 is 0 Å². The van der Waals surface area contributed by atoms with Crippen molar-refractivity contribution in [3.8, 4) is 11.4 Å². The number of non-ortho nitro benzene ring substituents is 1. The van der Waals surface area contributed by atoms with E-state index in [0.717, 1.165) is 11.1 Å². The van der Waals surface area contributed by atoms with Gasteiger partial charge < -0.3 is 15.2 Å². The number of rotatable bonds is 11. The zero-order valence-electron chi connectivity index (χ0n) is 22.0. The molecule has 0 saturated heterocycles. The minimum absolute atomic E-state index is 0.0943. The fraction of sp³-hybridized carbons (Fsp3) is 0.172. The third-order valence-corrected chi connectivity index (χ3v) is 7.25. The smallest absolute Gasteiger partial charge is 0.271 e. The van der Waals surface area contributed by atoms with Gasteiger partial charge in [0.25, 0.3) is 5.69 Å². The lowest BCUT2D eigenvalue weighted by Crippen LogP contribution is -2.25. The molecule has 40 heavy (non-hydrogen) atoms. The molecule has 1 unspecified atom stereocenters. The van der Waals surface area contributed by atoms with Crippen molar-refractivity contribution in [1.82, 2.24) is 14.8 Å². The predicted octanol–water partition coefficient (Wildman–Crippen LogP) is 6.03. The molecular formula is C29H28N6O4S. The highest BCUT2D eigenvalue weighted by Gasteiger charge is 2.23. The van der Waals surface area contributed by atoms with Crippen LogP contribution >= 0.6 is 11.8 Å². The minimum atomic E-state index is -0.503. The van der Waals surface area contributed by atoms with Gasteiger partial charge in [-0.1, -0.05) is 55.1 Å². The number of hydrogen-bond donors (Lipinski definition) is 2. The van der Waals surface area contributed by atoms with Gasteiger partial charge in [0.1, 0.15) is 0 Å². The summed E-state index contributed by atoms with van der Waals surface area (Å²) < 4.78 is 1.92. The molecule has 2 N–H and O–H groups in total. The molecular weight excluding hydrogens is 528 g/mol. The van der Waals surface area contributed by atoms with Crippen molar-refractivity contribution in [2.45, 2.75) is 37.2 Å². The monoisotopic (exact) mass is 556 g/mol. The van der Waals surface area contributed by atoms with Crippen LogP contribution < -0.4 is 10.6 Å². The largest absolute Gasteiger partial charge is 0.325 e. The number of amides is 2. The molecule has 1 aromatic heterocycles. The summed E-state index contributed by atoms with van der Waals surface area (Å²) in [5, 5.41) is 25.5. The number of nitrogens with one attached hydrogen (secondary N) is 2. The number of aromatic nitrogens is 3. The molecule has 0 saturated carbocycles. The van der Waals surface area contributed by atoms with E-state index in [4.69, 9.17) is 0 Å². The predicted molar refractivity (Wildman–Crippen MR) is 157 cm³/mol. The molecule has 3 aromatic carbocycles. The summed E-state index contributed by atoms with van der Waals surface area (Å²) in [5.41, 5.74) is 2.66. The summed E-state index contributed by atoms with van der Waals surface area (Å²) in [5.74, 6) is 0.128. The molecule has 2 amide bonds. The number of benzene rings is 3. The molecule has 0 aliphatic heterocycles. The van der Waals surface area contributed by atoms with Gasteiger partial charge in [-0.25, -0.2) is 0 Å². The Labute approximate surface area is 235 Å². The molecule has 4 aromatic rings. The number of nitro benzene ring substituents is 1. The first-order valence-electron chi connectivity index (χ1n) is 12.7. The van der Waals surface area contributed by atoms with Crippen molar-refractivity contribution in [3.05, 3.63) is 101 Å². The van der Waals surface area contributed by atoms with Crippen molar-refractivity contribution >= 4 is 46.7 Å². The summed E-state index contributed by atoms with van der Waals surface area (Å²) in [6, 6.07) is 22.7. The van der Waals surface area contributed by atoms with E-state index in [1.54, 1.807) is 24.3 Å². The molecule has 1 heterocycles. The molecule has 0 bridgehead atoms. The van der Waals surface area contributed by atoms with Crippen LogP contribution in [0, 0.1) is 10.1 Å². The Morgan fingerprint density at radius 1 is 0.975 bits per heavy atom. The number of hydrogen-bond acceptors (Lipinski definition) is 7. The summed E-state index contributed by atoms with van der Waals surface area (Å²) in [4.78, 5) is 35.8. The van der Waals surface area contributed by atoms with Crippen LogP contribution in [0.3, 0.4) is 0 Å². The van der Waals surface area contributed by atoms with E-state index >= 15 is 0 Å². The van der Waals surface area contributed by atoms with Gasteiger partial charge in [-0.05, 0) is 55.3 Å². The number of carbonyl (C=O) groups excluding carboxylic acids is 2. The Kier molecular flexibility index (Phi) is 9.42. The second-order valence-electron chi connectivity index (χ2n) is 8.67. The van der Waals surface area contributed by atoms with Gasteiger partial charge in [0.15, 0.2) is 11.0 Å². The highest BCUT2D eigenvalue weighted by Crippen LogP contribution is 2.30. The fourth-order valence-corrected chi connectivity index (χ4v) is 4.88. The lowest BCUT2D eigenvalue weighted by Gasteiger charge is -2.15. The summed E-state index contributed by atoms with van der Waals surface area (Å²) in [6.07, 6.45) is 3.75. The van der Waals surface area contributed by atoms with E-state index in [9.17, 15) is 19.7 Å². The van der Waals surface area contributed by atoms with Crippen LogP contribution in [0.25, 0.3) is 17.5 Å². The average Bonchev–Trinajstić information content (AvgIpc) is 3.38. The van der Waals surface area contributed by atoms with Crippen LogP contribution in [0.4, 0.5) is 17.1 Å². The van der Waals surface area contributed by atoms with E-state index in [2.05, 4.69) is 20.8 Å². The molecule has 0 radical (unpaired) electrons. The van der Waals surface area contributed by atoms with Crippen LogP contribution in [0.1, 0.15) is 25.8 Å². The maximum atomic E-state index is 13.0. The third-order valence-electron chi connectivity index (χ3n) is 5.91. The highest BCUT2D eigenvalue weighted by molar-refractivity contribution is 8.00. The maximum Gasteiger partial charge on any atom is 0.271 e. The molecule has 10 nitrogen and oxygen atoms in total. The van der Waals surface area contributed by atoms with E-state index in [0.29, 0.717) is 35.3 Å². The van der Waals surface area contributed by atoms with E-state index in [1.807, 2.05) is 60.9 Å². The zero-order chi connectivity index (χ0) is 28.5. The van der Waals surface area contributed by atoms with Crippen LogP contribution in [0.5, 0.6) is 0 Å². The van der Waals surface area contributed by atoms with Gasteiger partial charge in [0.2, 0.25) is 11.8 Å². The maximum absolute atomic E-state index is 13.0. The Bertz CT molecular complexity index is 1520. The second kappa shape index (κ2) is 13.3. The Hall–Kier alpha value is -4.77. The number of anilines is 2. The summed E-state index contributed by atoms with van der Waals surface area (Å²) in [6.45, 7) is 4.44. The lowest BCUT2D eigenvalue weighted by molar-refractivity contribution is -0.384. The van der Waals surface area contributed by atoms with Crippen molar-refractivity contribution in [2.24, 2.45) is 0 Å². The van der Waals surface area contributed by atoms with E-state index < -0.39 is 10.2 Å². The summed E-state index contributed by atoms with van der Waals surface area (Å²) in [7, 11) is 0. The van der Waals surface area contributed by atoms with Gasteiger partial charge in [0.05, 0.1) is 10.2 Å². The first kappa shape index (κ1) is 28.2. The number of thioether (sulfide) groups is 1. The second-order valence-corrected chi connectivity index (χ2v) is 9.84. The summed E-state index contributed by atoms with van der Waals surface area (Å²) >= 11 is 1.29. The third kappa shape index (κ3) is 7.20. The molecule has 1 atom stereocenters. The average molecular weight is 557 g/mol. The highest BCUT2D eigenvalue weighted by atomic mass is 32.2. The molecule has 0 spiro atoms. The van der Waals surface area contributed by atoms with Crippen molar-refractivity contribution in [1.29, 1.82) is 0 Å². The van der Waals surface area contributed by atoms with Gasteiger partial charge in [-0.15, -0.1) is 10.2 Å². The number of carbonyl (C=O) groups is 2. The molecule has 4 rings (SSSR count). The molecule has 0 aliphatic rings. The zero-order valence-corrected chi connectivity index (χ0v) is 22.8. The number of nitrogens with zero attached hydrogens (tertiary/aromatic N) is 4. The van der Waals surface area contributed by atoms with Crippen molar-refractivity contribution in [2.75, 3.05) is 10.6 Å². The number of nitro groups is 1. The van der Waals surface area contributed by atoms with Gasteiger partial charge in [0, 0.05) is 41.7 Å². The van der Waals surface area contributed by atoms with Crippen LogP contribution in [0.2, 0.25) is 0 Å². The topological polar surface area (TPSA) is 132 Å². The molecule has 204 valence electrons. The normalized spacial score (nSPS) is 11.8. The minimum Gasteiger partial charge on any atom is -0.325 e. The Morgan fingerprint density at radius 2 is 1.73 bits per heavy atom. The Morgan fingerprint density at radius 3 is 2.40 bits per heavy atom. The quantitative estimate of drug-likeness (QED) is 0.0997. The fourth-order valence-electron chi connectivity index (χ4n) is 3.87. The first-order valence-corrected chi connectivity index (χ1v) is 13.6. The SMILES string of the molecule is CCC(Sc1nnc(-c2ccc(NC(=O)C=Cc3ccccc3)cc2)n1CC)C(=O)Nc1cccc([N+](=O)[O-])c1. The van der Waals surface area contributed by atoms with E-state index in [-0.39, 0.29) is 17.5 Å². The standard InChI is InChI=1S/C29H28N6O4S/c1-3-25(28(37)31-23-11-8-12-24(19-23)35(38)39)40-29-33-32-27(34(29)4-2)21-14-16-22(17-15-21)30-26(36)18-13-20-9-6-5-7-10-20/h5-19,25H,3-4H2,1-2H3,(H,30,36)(H,31,37). The van der Waals surface area contributed by atoms with Crippen LogP contribution in [-0.2, 0) is 16.1 Å². The molecule has 0 aliphatic carbocycles. The van der Waals surface area contributed by atoms with Gasteiger partial charge in [-0.2, -0.15) is 0 Å². The van der Waals surface area contributed by atoms with Crippen molar-refractivity contribution < 1.29 is 14.5 Å². The van der Waals surface area contributed by atoms with Crippen LogP contribution in [0.15, 0.2) is 90.1 Å². The first-order chi connectivity index (χ1) is 19.4.